The van der Waals surface area contributed by atoms with E-state index in [1.54, 1.807) is 0 Å². The molecule has 0 bridgehead atoms. The minimum absolute atomic E-state index is 0.216. The number of amides is 1. The Bertz CT molecular complexity index is 348. The monoisotopic (exact) mass is 279 g/mol. The van der Waals surface area contributed by atoms with Crippen LogP contribution in [0.15, 0.2) is 0 Å². The molecule has 3 aliphatic rings. The van der Waals surface area contributed by atoms with E-state index in [-0.39, 0.29) is 11.8 Å². The average molecular weight is 279 g/mol. The van der Waals surface area contributed by atoms with Crippen molar-refractivity contribution in [3.8, 4) is 0 Å². The van der Waals surface area contributed by atoms with E-state index in [1.165, 1.54) is 32.1 Å². The summed E-state index contributed by atoms with van der Waals surface area (Å²) in [5.41, 5.74) is -0.638. The molecule has 0 radical (unpaired) electrons. The molecule has 0 aliphatic heterocycles. The number of aliphatic hydroxyl groups is 1. The fraction of sp³-hybridized carbons (Fsp3) is 0.941. The van der Waals surface area contributed by atoms with Crippen LogP contribution in [0.5, 0.6) is 0 Å². The first-order valence-electron chi connectivity index (χ1n) is 8.63. The summed E-state index contributed by atoms with van der Waals surface area (Å²) >= 11 is 0. The van der Waals surface area contributed by atoms with Crippen molar-refractivity contribution in [3.63, 3.8) is 0 Å². The van der Waals surface area contributed by atoms with Crippen molar-refractivity contribution < 1.29 is 9.90 Å². The lowest BCUT2D eigenvalue weighted by Crippen LogP contribution is -2.45. The molecular weight excluding hydrogens is 250 g/mol. The van der Waals surface area contributed by atoms with E-state index in [4.69, 9.17) is 0 Å². The largest absolute Gasteiger partial charge is 0.388 e. The summed E-state index contributed by atoms with van der Waals surface area (Å²) < 4.78 is 0. The van der Waals surface area contributed by atoms with Gasteiger partial charge >= 0.3 is 0 Å². The van der Waals surface area contributed by atoms with Crippen LogP contribution in [0.25, 0.3) is 0 Å². The number of fused-ring (bicyclic) bond motifs is 1. The predicted octanol–water partition coefficient (Wildman–Crippen LogP) is 2.87. The van der Waals surface area contributed by atoms with Crippen molar-refractivity contribution in [1.29, 1.82) is 0 Å². The van der Waals surface area contributed by atoms with Gasteiger partial charge in [0.1, 0.15) is 0 Å². The Kier molecular flexibility index (Phi) is 4.07. The van der Waals surface area contributed by atoms with Gasteiger partial charge in [-0.3, -0.25) is 4.79 Å². The van der Waals surface area contributed by atoms with Crippen LogP contribution < -0.4 is 5.32 Å². The van der Waals surface area contributed by atoms with Gasteiger partial charge < -0.3 is 10.4 Å². The molecule has 2 unspecified atom stereocenters. The molecule has 3 nitrogen and oxygen atoms in total. The second-order valence-corrected chi connectivity index (χ2v) is 7.43. The third-order valence-corrected chi connectivity index (χ3v) is 6.16. The number of nitrogens with one attached hydrogen (secondary N) is 1. The van der Waals surface area contributed by atoms with E-state index in [0.29, 0.717) is 18.4 Å². The Labute approximate surface area is 122 Å². The predicted molar refractivity (Wildman–Crippen MR) is 79.1 cm³/mol. The molecule has 20 heavy (non-hydrogen) atoms. The molecule has 114 valence electrons. The summed E-state index contributed by atoms with van der Waals surface area (Å²) in [5, 5.41) is 13.6. The molecule has 0 aromatic carbocycles. The van der Waals surface area contributed by atoms with Crippen molar-refractivity contribution in [3.05, 3.63) is 0 Å². The number of hydrogen-bond acceptors (Lipinski definition) is 2. The van der Waals surface area contributed by atoms with E-state index in [9.17, 15) is 9.90 Å². The molecule has 3 aliphatic carbocycles. The maximum Gasteiger partial charge on any atom is 0.223 e. The summed E-state index contributed by atoms with van der Waals surface area (Å²) in [7, 11) is 0. The molecule has 3 saturated carbocycles. The van der Waals surface area contributed by atoms with E-state index >= 15 is 0 Å². The van der Waals surface area contributed by atoms with Crippen LogP contribution in [0.3, 0.4) is 0 Å². The summed E-state index contributed by atoms with van der Waals surface area (Å²) in [6.45, 7) is 2.70. The zero-order valence-corrected chi connectivity index (χ0v) is 12.7. The Hall–Kier alpha value is -0.570. The maximum atomic E-state index is 12.3. The van der Waals surface area contributed by atoms with Crippen LogP contribution in [0, 0.1) is 23.7 Å². The summed E-state index contributed by atoms with van der Waals surface area (Å²) in [4.78, 5) is 12.3. The van der Waals surface area contributed by atoms with Gasteiger partial charge in [0.05, 0.1) is 5.60 Å². The third kappa shape index (κ3) is 2.88. The van der Waals surface area contributed by atoms with Gasteiger partial charge in [-0.05, 0) is 56.3 Å². The van der Waals surface area contributed by atoms with Crippen LogP contribution >= 0.6 is 0 Å². The first kappa shape index (κ1) is 14.4. The molecular formula is C17H29NO2. The molecule has 2 atom stereocenters. The van der Waals surface area contributed by atoms with Gasteiger partial charge in [0.15, 0.2) is 0 Å². The van der Waals surface area contributed by atoms with E-state index in [1.807, 2.05) is 0 Å². The third-order valence-electron chi connectivity index (χ3n) is 6.16. The standard InChI is InChI=1S/C17H29NO2/c1-2-12-7-9-17(20,10-8-12)11-18-16(19)15-13-5-3-4-6-14(13)15/h12-15,20H,2-11H2,1H3,(H,18,19). The van der Waals surface area contributed by atoms with Gasteiger partial charge in [0.2, 0.25) is 5.91 Å². The Morgan fingerprint density at radius 2 is 1.75 bits per heavy atom. The number of hydrogen-bond donors (Lipinski definition) is 2. The molecule has 0 heterocycles. The van der Waals surface area contributed by atoms with E-state index in [0.717, 1.165) is 31.6 Å². The molecule has 0 aromatic rings. The Morgan fingerprint density at radius 3 is 2.30 bits per heavy atom. The van der Waals surface area contributed by atoms with Gasteiger partial charge in [0.25, 0.3) is 0 Å². The lowest BCUT2D eigenvalue weighted by Gasteiger charge is -2.35. The second-order valence-electron chi connectivity index (χ2n) is 7.43. The number of carbonyl (C=O) groups excluding carboxylic acids is 1. The Balaban J connectivity index is 1.44. The molecule has 0 saturated heterocycles. The fourth-order valence-corrected chi connectivity index (χ4v) is 4.55. The highest BCUT2D eigenvalue weighted by molar-refractivity contribution is 5.82. The lowest BCUT2D eigenvalue weighted by atomic mass is 9.78. The molecule has 3 rings (SSSR count). The highest BCUT2D eigenvalue weighted by Gasteiger charge is 2.54. The number of rotatable bonds is 4. The second kappa shape index (κ2) is 5.67. The first-order chi connectivity index (χ1) is 9.63. The van der Waals surface area contributed by atoms with Gasteiger partial charge in [-0.15, -0.1) is 0 Å². The summed E-state index contributed by atoms with van der Waals surface area (Å²) in [5.74, 6) is 2.58. The van der Waals surface area contributed by atoms with Crippen LogP contribution in [0.1, 0.15) is 64.7 Å². The van der Waals surface area contributed by atoms with Crippen molar-refractivity contribution in [2.45, 2.75) is 70.3 Å². The zero-order valence-electron chi connectivity index (χ0n) is 12.7. The van der Waals surface area contributed by atoms with Crippen molar-refractivity contribution in [1.82, 2.24) is 5.32 Å². The highest BCUT2D eigenvalue weighted by atomic mass is 16.3. The van der Waals surface area contributed by atoms with Crippen LogP contribution in [0.4, 0.5) is 0 Å². The minimum Gasteiger partial charge on any atom is -0.388 e. The van der Waals surface area contributed by atoms with Gasteiger partial charge in [-0.25, -0.2) is 0 Å². The van der Waals surface area contributed by atoms with E-state index < -0.39 is 5.60 Å². The molecule has 0 spiro atoms. The molecule has 2 N–H and O–H groups in total. The SMILES string of the molecule is CCC1CCC(O)(CNC(=O)C2C3CCCCC32)CC1. The molecule has 0 aromatic heterocycles. The first-order valence-corrected chi connectivity index (χ1v) is 8.63. The smallest absolute Gasteiger partial charge is 0.223 e. The summed E-state index contributed by atoms with van der Waals surface area (Å²) in [6, 6.07) is 0. The highest BCUT2D eigenvalue weighted by Crippen LogP contribution is 2.55. The van der Waals surface area contributed by atoms with Crippen LogP contribution in [-0.4, -0.2) is 23.2 Å². The molecule has 3 heteroatoms. The lowest BCUT2D eigenvalue weighted by molar-refractivity contribution is -0.124. The van der Waals surface area contributed by atoms with Crippen LogP contribution in [0.2, 0.25) is 0 Å². The zero-order chi connectivity index (χ0) is 14.2. The quantitative estimate of drug-likeness (QED) is 0.831. The van der Waals surface area contributed by atoms with Gasteiger partial charge in [-0.2, -0.15) is 0 Å². The number of carbonyl (C=O) groups is 1. The molecule has 3 fully saturated rings. The van der Waals surface area contributed by atoms with Crippen LogP contribution in [-0.2, 0) is 4.79 Å². The average Bonchev–Trinajstić information content (AvgIpc) is 3.20. The van der Waals surface area contributed by atoms with Crippen molar-refractivity contribution in [2.24, 2.45) is 23.7 Å². The topological polar surface area (TPSA) is 49.3 Å². The normalized spacial score (nSPS) is 43.7. The summed E-state index contributed by atoms with van der Waals surface area (Å²) in [6.07, 6.45) is 10.2. The van der Waals surface area contributed by atoms with E-state index in [2.05, 4.69) is 12.2 Å². The van der Waals surface area contributed by atoms with Crippen molar-refractivity contribution >= 4 is 5.91 Å². The van der Waals surface area contributed by atoms with Gasteiger partial charge in [-0.1, -0.05) is 26.2 Å². The minimum atomic E-state index is -0.638. The van der Waals surface area contributed by atoms with Crippen molar-refractivity contribution in [2.75, 3.05) is 6.54 Å². The van der Waals surface area contributed by atoms with Gasteiger partial charge in [0, 0.05) is 12.5 Å². The Morgan fingerprint density at radius 1 is 1.15 bits per heavy atom. The molecule has 1 amide bonds. The maximum absolute atomic E-state index is 12.3. The fourth-order valence-electron chi connectivity index (χ4n) is 4.55.